The summed E-state index contributed by atoms with van der Waals surface area (Å²) in [4.78, 5) is 11.4. The van der Waals surface area contributed by atoms with Gasteiger partial charge in [-0.1, -0.05) is 15.9 Å². The Labute approximate surface area is 142 Å². The highest BCUT2D eigenvalue weighted by Gasteiger charge is 2.16. The Morgan fingerprint density at radius 1 is 1.35 bits per heavy atom. The summed E-state index contributed by atoms with van der Waals surface area (Å²) in [6, 6.07) is 1.68. The molecule has 1 aromatic rings. The van der Waals surface area contributed by atoms with Crippen LogP contribution in [0.3, 0.4) is 0 Å². The molecule has 0 aliphatic carbocycles. The second-order valence-corrected chi connectivity index (χ2v) is 7.29. The Bertz CT molecular complexity index is 554. The van der Waals surface area contributed by atoms with E-state index in [0.717, 1.165) is 0 Å². The Morgan fingerprint density at radius 3 is 2.50 bits per heavy atom. The number of nitrogens with one attached hydrogen (secondary N) is 1. The van der Waals surface area contributed by atoms with Gasteiger partial charge in [0.25, 0.3) is 0 Å². The van der Waals surface area contributed by atoms with Crippen LogP contribution in [0, 0.1) is 0 Å². The van der Waals surface area contributed by atoms with Crippen molar-refractivity contribution in [1.82, 2.24) is 5.43 Å². The van der Waals surface area contributed by atoms with E-state index < -0.39 is 11.7 Å². The zero-order chi connectivity index (χ0) is 15.5. The van der Waals surface area contributed by atoms with Crippen molar-refractivity contribution >= 4 is 60.1 Å². The molecular weight excluding hydrogens is 460 g/mol. The van der Waals surface area contributed by atoms with Crippen LogP contribution in [0.4, 0.5) is 4.79 Å². The molecule has 1 amide bonds. The SMILES string of the molecule is CC(C)(C)OC(=O)N/N=C\c1c(Br)cc(Br)c(O)c1Br. The Hall–Kier alpha value is -0.600. The molecule has 0 heterocycles. The van der Waals surface area contributed by atoms with E-state index in [4.69, 9.17) is 4.74 Å². The minimum absolute atomic E-state index is 0.0481. The molecule has 0 aliphatic heterocycles. The van der Waals surface area contributed by atoms with Gasteiger partial charge in [0, 0.05) is 10.0 Å². The molecule has 0 saturated carbocycles. The van der Waals surface area contributed by atoms with E-state index in [9.17, 15) is 9.90 Å². The fraction of sp³-hybridized carbons (Fsp3) is 0.333. The number of benzene rings is 1. The molecule has 0 saturated heterocycles. The van der Waals surface area contributed by atoms with Gasteiger partial charge in [-0.25, -0.2) is 10.2 Å². The molecule has 0 atom stereocenters. The molecule has 20 heavy (non-hydrogen) atoms. The quantitative estimate of drug-likeness (QED) is 0.490. The van der Waals surface area contributed by atoms with Crippen molar-refractivity contribution in [3.05, 3.63) is 25.0 Å². The highest BCUT2D eigenvalue weighted by molar-refractivity contribution is 9.11. The van der Waals surface area contributed by atoms with Crippen LogP contribution in [0.1, 0.15) is 26.3 Å². The van der Waals surface area contributed by atoms with Crippen LogP contribution in [-0.4, -0.2) is 23.0 Å². The Kier molecular flexibility index (Phi) is 6.03. The van der Waals surface area contributed by atoms with Crippen LogP contribution in [0.25, 0.3) is 0 Å². The molecule has 8 heteroatoms. The predicted octanol–water partition coefficient (Wildman–Crippen LogP) is 4.54. The van der Waals surface area contributed by atoms with Crippen LogP contribution >= 0.6 is 47.8 Å². The van der Waals surface area contributed by atoms with Gasteiger partial charge in [0.1, 0.15) is 11.4 Å². The number of carbonyl (C=O) groups excluding carboxylic acids is 1. The summed E-state index contributed by atoms with van der Waals surface area (Å²) in [5.41, 5.74) is 2.25. The lowest BCUT2D eigenvalue weighted by molar-refractivity contribution is 0.0529. The van der Waals surface area contributed by atoms with Crippen molar-refractivity contribution < 1.29 is 14.6 Å². The molecule has 1 aromatic carbocycles. The second-order valence-electron chi connectivity index (χ2n) is 4.79. The van der Waals surface area contributed by atoms with Gasteiger partial charge in [-0.2, -0.15) is 5.10 Å². The van der Waals surface area contributed by atoms with Gasteiger partial charge in [0.2, 0.25) is 0 Å². The monoisotopic (exact) mass is 470 g/mol. The number of halogens is 3. The Balaban J connectivity index is 2.82. The number of hydrogen-bond donors (Lipinski definition) is 2. The summed E-state index contributed by atoms with van der Waals surface area (Å²) >= 11 is 9.81. The number of amides is 1. The topological polar surface area (TPSA) is 70.9 Å². The van der Waals surface area contributed by atoms with Crippen molar-refractivity contribution in [2.75, 3.05) is 0 Å². The number of nitrogens with zero attached hydrogens (tertiary/aromatic N) is 1. The smallest absolute Gasteiger partial charge is 0.428 e. The van der Waals surface area contributed by atoms with Crippen LogP contribution in [-0.2, 0) is 4.74 Å². The molecule has 0 radical (unpaired) electrons. The van der Waals surface area contributed by atoms with Gasteiger partial charge < -0.3 is 9.84 Å². The first-order chi connectivity index (χ1) is 9.11. The van der Waals surface area contributed by atoms with Crippen molar-refractivity contribution in [1.29, 1.82) is 0 Å². The Morgan fingerprint density at radius 2 is 1.95 bits per heavy atom. The largest absolute Gasteiger partial charge is 0.506 e. The van der Waals surface area contributed by atoms with Gasteiger partial charge in [-0.15, -0.1) is 0 Å². The average Bonchev–Trinajstić information content (AvgIpc) is 2.28. The van der Waals surface area contributed by atoms with Crippen LogP contribution in [0.5, 0.6) is 5.75 Å². The van der Waals surface area contributed by atoms with Crippen LogP contribution < -0.4 is 5.43 Å². The maximum absolute atomic E-state index is 11.4. The molecule has 2 N–H and O–H groups in total. The first-order valence-corrected chi connectivity index (χ1v) is 7.88. The summed E-state index contributed by atoms with van der Waals surface area (Å²) in [6.45, 7) is 5.28. The number of rotatable bonds is 2. The van der Waals surface area contributed by atoms with Crippen molar-refractivity contribution in [2.45, 2.75) is 26.4 Å². The molecule has 5 nitrogen and oxygen atoms in total. The van der Waals surface area contributed by atoms with Gasteiger partial charge in [0.15, 0.2) is 0 Å². The lowest BCUT2D eigenvalue weighted by atomic mass is 10.2. The summed E-state index contributed by atoms with van der Waals surface area (Å²) in [5.74, 6) is 0.0481. The standard InChI is InChI=1S/C12H13Br3N2O3/c1-12(2,3)20-11(19)17-16-5-6-7(13)4-8(14)10(18)9(6)15/h4-5,18H,1-3H3,(H,17,19)/b16-5-. The lowest BCUT2D eigenvalue weighted by Crippen LogP contribution is -2.29. The zero-order valence-electron chi connectivity index (χ0n) is 11.0. The second kappa shape index (κ2) is 6.91. The third kappa shape index (κ3) is 5.06. The molecule has 0 spiro atoms. The van der Waals surface area contributed by atoms with Gasteiger partial charge in [-0.3, -0.25) is 0 Å². The summed E-state index contributed by atoms with van der Waals surface area (Å²) in [6.07, 6.45) is 0.742. The van der Waals surface area contributed by atoms with Gasteiger partial charge >= 0.3 is 6.09 Å². The number of hydrogen-bond acceptors (Lipinski definition) is 4. The molecule has 110 valence electrons. The fourth-order valence-corrected chi connectivity index (χ4v) is 3.49. The van der Waals surface area contributed by atoms with E-state index in [1.165, 1.54) is 6.21 Å². The molecular formula is C12H13Br3N2O3. The number of ether oxygens (including phenoxy) is 1. The maximum atomic E-state index is 11.4. The number of phenolic OH excluding ortho intramolecular Hbond substituents is 1. The normalized spacial score (nSPS) is 11.7. The summed E-state index contributed by atoms with van der Waals surface area (Å²) < 4.78 is 6.72. The predicted molar refractivity (Wildman–Crippen MR) is 88.2 cm³/mol. The minimum atomic E-state index is -0.651. The first kappa shape index (κ1) is 17.5. The lowest BCUT2D eigenvalue weighted by Gasteiger charge is -2.18. The summed E-state index contributed by atoms with van der Waals surface area (Å²) in [7, 11) is 0. The van der Waals surface area contributed by atoms with Crippen LogP contribution in [0.15, 0.2) is 24.6 Å². The van der Waals surface area contributed by atoms with Crippen LogP contribution in [0.2, 0.25) is 0 Å². The molecule has 1 rings (SSSR count). The third-order valence-corrected chi connectivity index (χ3v) is 3.99. The molecule has 0 aliphatic rings. The summed E-state index contributed by atoms with van der Waals surface area (Å²) in [5, 5.41) is 13.6. The maximum Gasteiger partial charge on any atom is 0.428 e. The van der Waals surface area contributed by atoms with Crippen molar-refractivity contribution in [3.8, 4) is 5.75 Å². The van der Waals surface area contributed by atoms with E-state index in [1.54, 1.807) is 26.8 Å². The molecule has 0 fully saturated rings. The van der Waals surface area contributed by atoms with Crippen molar-refractivity contribution in [2.24, 2.45) is 5.10 Å². The molecule has 0 aromatic heterocycles. The number of aromatic hydroxyl groups is 1. The number of phenols is 1. The number of carbonyl (C=O) groups is 1. The fourth-order valence-electron chi connectivity index (χ4n) is 1.16. The van der Waals surface area contributed by atoms with E-state index >= 15 is 0 Å². The average molecular weight is 473 g/mol. The minimum Gasteiger partial charge on any atom is -0.506 e. The highest BCUT2D eigenvalue weighted by Crippen LogP contribution is 2.38. The van der Waals surface area contributed by atoms with E-state index in [0.29, 0.717) is 19.0 Å². The highest BCUT2D eigenvalue weighted by atomic mass is 79.9. The van der Waals surface area contributed by atoms with Crippen molar-refractivity contribution in [3.63, 3.8) is 0 Å². The number of hydrazone groups is 1. The zero-order valence-corrected chi connectivity index (χ0v) is 15.8. The van der Waals surface area contributed by atoms with E-state index in [-0.39, 0.29) is 5.75 Å². The molecule has 0 bridgehead atoms. The van der Waals surface area contributed by atoms with Gasteiger partial charge in [0.05, 0.1) is 15.2 Å². The van der Waals surface area contributed by atoms with Gasteiger partial charge in [-0.05, 0) is 58.7 Å². The first-order valence-electron chi connectivity index (χ1n) is 5.50. The third-order valence-electron chi connectivity index (χ3n) is 1.93. The van der Waals surface area contributed by atoms with E-state index in [2.05, 4.69) is 58.3 Å². The molecule has 0 unspecified atom stereocenters. The van der Waals surface area contributed by atoms with E-state index in [1.807, 2.05) is 0 Å².